The van der Waals surface area contributed by atoms with Crippen molar-refractivity contribution in [2.45, 2.75) is 73.7 Å². The van der Waals surface area contributed by atoms with Gasteiger partial charge < -0.3 is 66.5 Å². The molecule has 13 N–H and O–H groups in total. The minimum atomic E-state index is -2.41. The first-order chi connectivity index (χ1) is 15.9. The number of carbonyl (C=O) groups is 1. The molecule has 2 aliphatic rings. The van der Waals surface area contributed by atoms with Crippen molar-refractivity contribution in [3.63, 3.8) is 0 Å². The van der Waals surface area contributed by atoms with Crippen LogP contribution >= 0.6 is 0 Å². The van der Waals surface area contributed by atoms with E-state index in [-0.39, 0.29) is 18.9 Å². The molecule has 16 nitrogen and oxygen atoms in total. The molecule has 2 rings (SSSR count). The summed E-state index contributed by atoms with van der Waals surface area (Å²) in [4.78, 5) is 15.3. The second-order valence-corrected chi connectivity index (χ2v) is 8.19. The summed E-state index contributed by atoms with van der Waals surface area (Å²) in [6.45, 7) is -1.68. The number of nitrogens with one attached hydrogen (secondary N) is 1. The molecule has 1 unspecified atom stereocenters. The number of rotatable bonds is 11. The Morgan fingerprint density at radius 1 is 1.18 bits per heavy atom. The van der Waals surface area contributed by atoms with Gasteiger partial charge in [-0.2, -0.15) is 0 Å². The number of guanidine groups is 1. The molecule has 10 atom stereocenters. The van der Waals surface area contributed by atoms with Gasteiger partial charge in [-0.25, -0.2) is 0 Å². The van der Waals surface area contributed by atoms with Gasteiger partial charge in [0.2, 0.25) is 5.79 Å². The van der Waals surface area contributed by atoms with Crippen LogP contribution in [0.5, 0.6) is 0 Å². The first-order valence-corrected chi connectivity index (χ1v) is 10.6. The average molecular weight is 498 g/mol. The number of carboxylic acids is 1. The van der Waals surface area contributed by atoms with Crippen molar-refractivity contribution in [2.24, 2.45) is 16.5 Å². The van der Waals surface area contributed by atoms with Gasteiger partial charge in [0.25, 0.3) is 0 Å². The highest BCUT2D eigenvalue weighted by Gasteiger charge is 2.53. The number of carboxylic acid groups (broad SMARTS) is 1. The molecule has 0 spiro atoms. The molecule has 0 radical (unpaired) electrons. The SMILES string of the molecule is NC(N)=NCCCC(NC[C@@]1(O)OC[C@@H](O)[C@@H](O[C@@H]2O[C@H](CO)[C@@H](O)[C@@H](O)[C@H]2O)[C@H]1O)C(=O)O. The van der Waals surface area contributed by atoms with E-state index in [2.05, 4.69) is 10.3 Å². The lowest BCUT2D eigenvalue weighted by Crippen LogP contribution is -2.68. The van der Waals surface area contributed by atoms with Gasteiger partial charge >= 0.3 is 5.97 Å². The van der Waals surface area contributed by atoms with E-state index in [1.54, 1.807) is 0 Å². The molecular formula is C18H34N4O12. The van der Waals surface area contributed by atoms with Gasteiger partial charge in [-0.3, -0.25) is 15.1 Å². The molecule has 0 aliphatic carbocycles. The van der Waals surface area contributed by atoms with Crippen molar-refractivity contribution in [2.75, 3.05) is 26.3 Å². The minimum absolute atomic E-state index is 0.0751. The summed E-state index contributed by atoms with van der Waals surface area (Å²) in [7, 11) is 0. The third kappa shape index (κ3) is 6.92. The second-order valence-electron chi connectivity index (χ2n) is 8.19. The van der Waals surface area contributed by atoms with E-state index in [1.807, 2.05) is 0 Å². The largest absolute Gasteiger partial charge is 0.480 e. The van der Waals surface area contributed by atoms with E-state index in [9.17, 15) is 45.6 Å². The summed E-state index contributed by atoms with van der Waals surface area (Å²) in [5.41, 5.74) is 10.4. The zero-order chi connectivity index (χ0) is 25.6. The smallest absolute Gasteiger partial charge is 0.320 e. The van der Waals surface area contributed by atoms with Crippen LogP contribution < -0.4 is 16.8 Å². The van der Waals surface area contributed by atoms with Crippen molar-refractivity contribution < 1.29 is 59.9 Å². The highest BCUT2D eigenvalue weighted by atomic mass is 16.7. The van der Waals surface area contributed by atoms with Crippen molar-refractivity contribution in [3.05, 3.63) is 0 Å². The lowest BCUT2D eigenvalue weighted by Gasteiger charge is -2.47. The number of aliphatic hydroxyl groups excluding tert-OH is 6. The third-order valence-corrected chi connectivity index (χ3v) is 5.64. The van der Waals surface area contributed by atoms with E-state index in [4.69, 9.17) is 25.7 Å². The number of aliphatic imine (C=N–C) groups is 1. The Kier molecular flexibility index (Phi) is 10.3. The van der Waals surface area contributed by atoms with Crippen molar-refractivity contribution in [1.82, 2.24) is 5.32 Å². The maximum absolute atomic E-state index is 11.5. The Morgan fingerprint density at radius 2 is 1.85 bits per heavy atom. The van der Waals surface area contributed by atoms with Gasteiger partial charge in [-0.1, -0.05) is 0 Å². The van der Waals surface area contributed by atoms with Crippen molar-refractivity contribution in [3.8, 4) is 0 Å². The van der Waals surface area contributed by atoms with Crippen LogP contribution in [0.1, 0.15) is 12.8 Å². The van der Waals surface area contributed by atoms with E-state index < -0.39 is 86.6 Å². The molecule has 0 aromatic rings. The molecule has 198 valence electrons. The summed E-state index contributed by atoms with van der Waals surface area (Å²) < 4.78 is 15.7. The number of nitrogens with two attached hydrogens (primary N) is 2. The number of aliphatic carboxylic acids is 1. The molecular weight excluding hydrogens is 464 g/mol. The molecule has 0 aromatic carbocycles. The fourth-order valence-electron chi connectivity index (χ4n) is 3.62. The van der Waals surface area contributed by atoms with Crippen LogP contribution in [0.15, 0.2) is 4.99 Å². The molecule has 0 aromatic heterocycles. The van der Waals surface area contributed by atoms with E-state index in [0.29, 0.717) is 6.42 Å². The van der Waals surface area contributed by atoms with Gasteiger partial charge in [-0.05, 0) is 12.8 Å². The van der Waals surface area contributed by atoms with Crippen LogP contribution in [0.4, 0.5) is 0 Å². The zero-order valence-corrected chi connectivity index (χ0v) is 18.3. The summed E-state index contributed by atoms with van der Waals surface area (Å²) in [5.74, 6) is -3.80. The summed E-state index contributed by atoms with van der Waals surface area (Å²) in [5, 5.41) is 82.7. The topological polar surface area (TPSA) is 283 Å². The maximum atomic E-state index is 11.5. The van der Waals surface area contributed by atoms with Crippen LogP contribution in [0, 0.1) is 0 Å². The number of aliphatic hydroxyl groups is 7. The minimum Gasteiger partial charge on any atom is -0.480 e. The van der Waals surface area contributed by atoms with E-state index in [1.165, 1.54) is 0 Å². The third-order valence-electron chi connectivity index (χ3n) is 5.64. The van der Waals surface area contributed by atoms with E-state index in [0.717, 1.165) is 0 Å². The number of hydrogen-bond acceptors (Lipinski definition) is 13. The maximum Gasteiger partial charge on any atom is 0.320 e. The highest BCUT2D eigenvalue weighted by molar-refractivity contribution is 5.75. The van der Waals surface area contributed by atoms with Crippen LogP contribution in [-0.2, 0) is 19.0 Å². The molecule has 2 heterocycles. The number of ether oxygens (including phenoxy) is 3. The molecule has 2 saturated heterocycles. The fourth-order valence-corrected chi connectivity index (χ4v) is 3.62. The standard InChI is InChI=1S/C18H34N4O12/c19-17(20)21-3-1-2-7(15(29)30)22-6-18(31)14(28)13(8(24)5-32-18)34-16-12(27)11(26)10(25)9(4-23)33-16/h7-14,16,22-28,31H,1-6H2,(H,29,30)(H4,19,20,21)/t7?,8-,9-,10-,11-,12-,13-,14-,16+,18-/m1/s1. The molecule has 0 bridgehead atoms. The van der Waals surface area contributed by atoms with Crippen LogP contribution in [0.3, 0.4) is 0 Å². The number of nitrogens with zero attached hydrogens (tertiary/aromatic N) is 1. The van der Waals surface area contributed by atoms with Gasteiger partial charge in [0.1, 0.15) is 48.8 Å². The molecule has 16 heteroatoms. The lowest BCUT2D eigenvalue weighted by molar-refractivity contribution is -0.367. The van der Waals surface area contributed by atoms with Crippen LogP contribution in [0.25, 0.3) is 0 Å². The molecule has 2 fully saturated rings. The first-order valence-electron chi connectivity index (χ1n) is 10.6. The summed E-state index contributed by atoms with van der Waals surface area (Å²) in [6.07, 6.45) is -12.9. The lowest BCUT2D eigenvalue weighted by atomic mass is 9.95. The Bertz CT molecular complexity index is 696. The van der Waals surface area contributed by atoms with Crippen LogP contribution in [-0.4, -0.2) is 140 Å². The molecule has 0 amide bonds. The second kappa shape index (κ2) is 12.3. The Balaban J connectivity index is 2.03. The van der Waals surface area contributed by atoms with Crippen molar-refractivity contribution in [1.29, 1.82) is 0 Å². The predicted molar refractivity (Wildman–Crippen MR) is 111 cm³/mol. The fraction of sp³-hybridized carbons (Fsp3) is 0.889. The van der Waals surface area contributed by atoms with Gasteiger partial charge in [0, 0.05) is 6.54 Å². The Labute approximate surface area is 194 Å². The predicted octanol–water partition coefficient (Wildman–Crippen LogP) is -6.29. The van der Waals surface area contributed by atoms with E-state index >= 15 is 0 Å². The molecule has 2 aliphatic heterocycles. The molecule has 34 heavy (non-hydrogen) atoms. The Hall–Kier alpha value is -1.70. The molecule has 0 saturated carbocycles. The monoisotopic (exact) mass is 498 g/mol. The van der Waals surface area contributed by atoms with Gasteiger partial charge in [-0.15, -0.1) is 0 Å². The number of hydrogen-bond donors (Lipinski definition) is 11. The summed E-state index contributed by atoms with van der Waals surface area (Å²) in [6, 6.07) is -1.16. The highest BCUT2D eigenvalue weighted by Crippen LogP contribution is 2.30. The van der Waals surface area contributed by atoms with Crippen LogP contribution in [0.2, 0.25) is 0 Å². The Morgan fingerprint density at radius 3 is 2.44 bits per heavy atom. The van der Waals surface area contributed by atoms with Gasteiger partial charge in [0.15, 0.2) is 12.2 Å². The zero-order valence-electron chi connectivity index (χ0n) is 18.3. The van der Waals surface area contributed by atoms with Crippen molar-refractivity contribution >= 4 is 11.9 Å². The average Bonchev–Trinajstić information content (AvgIpc) is 2.78. The van der Waals surface area contributed by atoms with Gasteiger partial charge in [0.05, 0.1) is 19.8 Å². The quantitative estimate of drug-likeness (QED) is 0.0717. The summed E-state index contributed by atoms with van der Waals surface area (Å²) >= 11 is 0. The first kappa shape index (κ1) is 28.5. The normalized spacial score (nSPS) is 39.4.